The van der Waals surface area contributed by atoms with Crippen molar-refractivity contribution in [2.24, 2.45) is 11.3 Å². The monoisotopic (exact) mass is 1020 g/mol. The van der Waals surface area contributed by atoms with Crippen molar-refractivity contribution in [1.82, 2.24) is 19.6 Å². The Kier molecular flexibility index (Phi) is 13.7. The number of aromatic nitrogens is 2. The van der Waals surface area contributed by atoms with Crippen LogP contribution in [0.2, 0.25) is 0 Å². The largest absolute Gasteiger partial charge is 0.468 e. The summed E-state index contributed by atoms with van der Waals surface area (Å²) in [5, 5.41) is 16.4. The van der Waals surface area contributed by atoms with Crippen molar-refractivity contribution in [3.8, 4) is 5.88 Å². The Morgan fingerprint density at radius 2 is 1.75 bits per heavy atom. The number of ether oxygens (including phenoxy) is 3. The Balaban J connectivity index is 0.00000596. The lowest BCUT2D eigenvalue weighted by atomic mass is 9.59. The first kappa shape index (κ1) is 50.1. The number of piperidine rings is 1. The smallest absolute Gasteiger partial charge is 0.293 e. The summed E-state index contributed by atoms with van der Waals surface area (Å²) in [6, 6.07) is 22.9. The van der Waals surface area contributed by atoms with E-state index in [2.05, 4.69) is 69.9 Å². The molecule has 2 aliphatic carbocycles. The van der Waals surface area contributed by atoms with Gasteiger partial charge in [0.1, 0.15) is 23.1 Å². The second-order valence-corrected chi connectivity index (χ2v) is 23.3. The molecule has 384 valence electrons. The average Bonchev–Trinajstić information content (AvgIpc) is 4.16. The molecule has 3 aromatic carbocycles. The highest BCUT2D eigenvalue weighted by Gasteiger charge is 2.50. The zero-order chi connectivity index (χ0) is 49.2. The molecule has 0 bridgehead atoms. The third-order valence-corrected chi connectivity index (χ3v) is 18.4. The number of sulfonamides is 1. The SMILES string of the molecule is COC1(C)CCC(CNc2ccc(S(=O)(=O)NC(=O)c3ccc(N4CCC5(CC4)CC(N4CCC[C@H]4c4ccccc4C(C)C)C5)cc3N3c4cc5cc[nH]c5nc4O[C@@H]4COC[C@H]43)cc2[N+](=O)[O-])CC1.Cl. The molecule has 5 fully saturated rings. The standard InChI is InChI=1S/C54H66N8O8S.ClH/c1-34(2)40-8-5-6-9-41(40)44-10-7-23-60(44)38-29-54(30-38)20-24-59(25-21-54)37-11-13-42(45(27-37)61-47-26-36-17-22-55-50(36)57-52(47)70-49-33-69-32-48(49)61)51(63)58-71(66,67)39-12-14-43(46(28-39)62(64)65)56-31-35-15-18-53(3,68-4)19-16-35;/h5-6,8-9,11-14,17,22,26-28,34-35,38,44,48-49,56H,7,10,15-16,18-21,23-25,29-33H2,1-4H3,(H,55,57)(H,58,63);1H/t35?,44-,48+,49+,53?;/m0./s1. The molecule has 4 aliphatic heterocycles. The molecule has 3 N–H and O–H groups in total. The van der Waals surface area contributed by atoms with Gasteiger partial charge in [-0.25, -0.2) is 13.1 Å². The van der Waals surface area contributed by atoms with Crippen molar-refractivity contribution in [1.29, 1.82) is 0 Å². The molecule has 2 aromatic heterocycles. The second-order valence-electron chi connectivity index (χ2n) is 21.6. The Morgan fingerprint density at radius 3 is 2.50 bits per heavy atom. The summed E-state index contributed by atoms with van der Waals surface area (Å²) in [5.74, 6) is 0.278. The fourth-order valence-electron chi connectivity index (χ4n) is 12.7. The molecule has 11 rings (SSSR count). The van der Waals surface area contributed by atoms with Crippen LogP contribution in [0.3, 0.4) is 0 Å². The van der Waals surface area contributed by atoms with Crippen LogP contribution in [-0.2, 0) is 19.5 Å². The predicted octanol–water partition coefficient (Wildman–Crippen LogP) is 10.0. The van der Waals surface area contributed by atoms with Crippen LogP contribution in [-0.4, -0.2) is 104 Å². The van der Waals surface area contributed by atoms with Crippen molar-refractivity contribution in [3.63, 3.8) is 0 Å². The highest BCUT2D eigenvalue weighted by molar-refractivity contribution is 7.90. The minimum atomic E-state index is -4.60. The maximum atomic E-state index is 14.7. The molecule has 6 aliphatic rings. The summed E-state index contributed by atoms with van der Waals surface area (Å²) in [6.45, 7) is 10.7. The number of likely N-dealkylation sites (tertiary alicyclic amines) is 1. The zero-order valence-electron chi connectivity index (χ0n) is 41.6. The van der Waals surface area contributed by atoms with Gasteiger partial charge in [0.15, 0.2) is 0 Å². The number of carbonyl (C=O) groups is 1. The van der Waals surface area contributed by atoms with E-state index in [4.69, 9.17) is 19.2 Å². The summed E-state index contributed by atoms with van der Waals surface area (Å²) >= 11 is 0. The molecule has 0 unspecified atom stereocenters. The van der Waals surface area contributed by atoms with Crippen LogP contribution in [0, 0.1) is 21.4 Å². The minimum Gasteiger partial charge on any atom is -0.468 e. The van der Waals surface area contributed by atoms with Gasteiger partial charge in [-0.1, -0.05) is 38.1 Å². The molecule has 1 amide bonds. The number of halogens is 1. The minimum absolute atomic E-state index is 0. The first-order chi connectivity index (χ1) is 34.2. The molecule has 18 heteroatoms. The fraction of sp³-hybridized carbons (Fsp3) is 0.519. The number of carbonyl (C=O) groups excluding carboxylic acids is 1. The first-order valence-electron chi connectivity index (χ1n) is 25.6. The van der Waals surface area contributed by atoms with Gasteiger partial charge < -0.3 is 34.3 Å². The molecule has 72 heavy (non-hydrogen) atoms. The third-order valence-electron chi connectivity index (χ3n) is 17.0. The number of H-pyrrole nitrogens is 1. The van der Waals surface area contributed by atoms with Gasteiger partial charge in [-0.2, -0.15) is 4.98 Å². The highest BCUT2D eigenvalue weighted by Crippen LogP contribution is 2.55. The van der Waals surface area contributed by atoms with Gasteiger partial charge in [0.2, 0.25) is 5.88 Å². The molecule has 6 heterocycles. The summed E-state index contributed by atoms with van der Waals surface area (Å²) in [4.78, 5) is 41.3. The van der Waals surface area contributed by atoms with Gasteiger partial charge in [0.05, 0.1) is 45.9 Å². The van der Waals surface area contributed by atoms with Gasteiger partial charge in [-0.15, -0.1) is 12.4 Å². The number of anilines is 4. The van der Waals surface area contributed by atoms with E-state index in [-0.39, 0.29) is 41.2 Å². The summed E-state index contributed by atoms with van der Waals surface area (Å²) in [7, 11) is -2.88. The number of rotatable bonds is 13. The average molecular weight is 1020 g/mol. The van der Waals surface area contributed by atoms with Crippen LogP contribution in [0.4, 0.5) is 28.4 Å². The molecular formula is C54H67ClN8O8S. The van der Waals surface area contributed by atoms with Gasteiger partial charge >= 0.3 is 0 Å². The Labute approximate surface area is 428 Å². The number of aromatic amines is 1. The first-order valence-corrected chi connectivity index (χ1v) is 27.1. The molecule has 0 radical (unpaired) electrons. The number of methoxy groups -OCH3 is 1. The van der Waals surface area contributed by atoms with Crippen LogP contribution in [0.15, 0.2) is 83.9 Å². The number of benzene rings is 3. The Morgan fingerprint density at radius 1 is 0.972 bits per heavy atom. The summed E-state index contributed by atoms with van der Waals surface area (Å²) in [5.41, 5.74) is 5.72. The van der Waals surface area contributed by atoms with Gasteiger partial charge in [0.25, 0.3) is 21.6 Å². The van der Waals surface area contributed by atoms with Crippen LogP contribution in [0.25, 0.3) is 11.0 Å². The number of amides is 1. The summed E-state index contributed by atoms with van der Waals surface area (Å²) < 4.78 is 48.7. The second kappa shape index (κ2) is 19.8. The topological polar surface area (TPSA) is 184 Å². The number of nitrogens with zero attached hydrogens (tertiary/aromatic N) is 5. The maximum absolute atomic E-state index is 14.7. The maximum Gasteiger partial charge on any atom is 0.293 e. The van der Waals surface area contributed by atoms with E-state index in [0.717, 1.165) is 75.3 Å². The lowest BCUT2D eigenvalue weighted by Crippen LogP contribution is -2.55. The van der Waals surface area contributed by atoms with Gasteiger partial charge in [-0.3, -0.25) is 19.8 Å². The zero-order valence-corrected chi connectivity index (χ0v) is 43.2. The van der Waals surface area contributed by atoms with Crippen LogP contribution in [0.5, 0.6) is 5.88 Å². The lowest BCUT2D eigenvalue weighted by Gasteiger charge is -2.56. The molecular weight excluding hydrogens is 956 g/mol. The Bertz CT molecular complexity index is 2940. The normalized spacial score (nSPS) is 25.1. The number of hydrogen-bond donors (Lipinski definition) is 3. The number of nitro benzene ring substituents is 1. The Hall–Kier alpha value is -5.46. The van der Waals surface area contributed by atoms with E-state index < -0.39 is 37.5 Å². The van der Waals surface area contributed by atoms with Crippen molar-refractivity contribution in [2.45, 2.75) is 126 Å². The lowest BCUT2D eigenvalue weighted by molar-refractivity contribution is -0.384. The van der Waals surface area contributed by atoms with E-state index in [1.54, 1.807) is 13.2 Å². The van der Waals surface area contributed by atoms with E-state index in [1.165, 1.54) is 48.9 Å². The third kappa shape index (κ3) is 9.39. The van der Waals surface area contributed by atoms with Crippen molar-refractivity contribution in [2.75, 3.05) is 61.6 Å². The number of hydrogen-bond acceptors (Lipinski definition) is 13. The summed E-state index contributed by atoms with van der Waals surface area (Å²) in [6.07, 6.45) is 11.9. The quantitative estimate of drug-likeness (QED) is 0.0749. The fourth-order valence-corrected chi connectivity index (χ4v) is 13.7. The molecule has 2 saturated carbocycles. The predicted molar refractivity (Wildman–Crippen MR) is 281 cm³/mol. The number of pyridine rings is 1. The van der Waals surface area contributed by atoms with Gasteiger partial charge in [0, 0.05) is 62.2 Å². The molecule has 1 spiro atoms. The van der Waals surface area contributed by atoms with Crippen molar-refractivity contribution < 1.29 is 32.3 Å². The number of nitro groups is 1. The van der Waals surface area contributed by atoms with E-state index in [1.807, 2.05) is 35.4 Å². The number of fused-ring (bicyclic) bond motifs is 3. The molecule has 5 aromatic rings. The van der Waals surface area contributed by atoms with Crippen LogP contribution in [0.1, 0.15) is 118 Å². The van der Waals surface area contributed by atoms with E-state index >= 15 is 0 Å². The highest BCUT2D eigenvalue weighted by atomic mass is 35.5. The molecule has 16 nitrogen and oxygen atoms in total. The van der Waals surface area contributed by atoms with Crippen molar-refractivity contribution in [3.05, 3.63) is 106 Å². The van der Waals surface area contributed by atoms with E-state index in [9.17, 15) is 23.3 Å². The number of nitrogens with one attached hydrogen (secondary N) is 3. The van der Waals surface area contributed by atoms with Gasteiger partial charge in [-0.05, 0) is 149 Å². The van der Waals surface area contributed by atoms with Crippen LogP contribution < -0.4 is 24.6 Å². The van der Waals surface area contributed by atoms with Crippen molar-refractivity contribution >= 4 is 67.8 Å². The molecule has 3 saturated heterocycles. The van der Waals surface area contributed by atoms with Crippen LogP contribution >= 0.6 is 12.4 Å². The van der Waals surface area contributed by atoms with E-state index in [0.29, 0.717) is 66.1 Å². The molecule has 3 atom stereocenters.